The summed E-state index contributed by atoms with van der Waals surface area (Å²) in [5.74, 6) is 2.39. The second-order valence-corrected chi connectivity index (χ2v) is 11.4. The zero-order chi connectivity index (χ0) is 21.0. The summed E-state index contributed by atoms with van der Waals surface area (Å²) in [5.41, 5.74) is 1.56. The van der Waals surface area contributed by atoms with Crippen LogP contribution in [0.5, 0.6) is 0 Å². The number of thioether (sulfide) groups is 1. The van der Waals surface area contributed by atoms with Crippen molar-refractivity contribution in [3.8, 4) is 0 Å². The van der Waals surface area contributed by atoms with Gasteiger partial charge >= 0.3 is 5.97 Å². The van der Waals surface area contributed by atoms with Gasteiger partial charge in [0, 0.05) is 18.1 Å². The standard InChI is InChI=1S/C24H34O4S/c1-14(25)16-6-7-17-15-4-5-19-22(29-13-10-21(27)28)20(26)9-12-24(19,3)18(15)8-11-23(16,17)2/h15-18H,4-13H2,1-3H3,(H,27,28)/t15-,16+,17-,18-,23+,24+/m0/s1. The summed E-state index contributed by atoms with van der Waals surface area (Å²) in [6.45, 7) is 6.53. The SMILES string of the molecule is CC(=O)[C@H]1CC[C@H]2[C@@H]3CCC4=C(SCCC(=O)O)C(=O)CC[C@]4(C)[C@H]3CC[C@]12C. The molecule has 0 aliphatic heterocycles. The molecule has 1 N–H and O–H groups in total. The van der Waals surface area contributed by atoms with Crippen LogP contribution in [0.15, 0.2) is 10.5 Å². The number of carboxylic acids is 1. The van der Waals surface area contributed by atoms with Crippen molar-refractivity contribution < 1.29 is 19.5 Å². The highest BCUT2D eigenvalue weighted by Crippen LogP contribution is 2.67. The molecule has 4 rings (SSSR count). The van der Waals surface area contributed by atoms with Gasteiger partial charge in [-0.25, -0.2) is 0 Å². The smallest absolute Gasteiger partial charge is 0.304 e. The second-order valence-electron chi connectivity index (χ2n) is 10.3. The minimum Gasteiger partial charge on any atom is -0.481 e. The van der Waals surface area contributed by atoms with E-state index in [0.717, 1.165) is 43.4 Å². The molecule has 4 aliphatic rings. The van der Waals surface area contributed by atoms with E-state index >= 15 is 0 Å². The fraction of sp³-hybridized carbons (Fsp3) is 0.792. The van der Waals surface area contributed by atoms with E-state index in [2.05, 4.69) is 13.8 Å². The minimum absolute atomic E-state index is 0.0675. The third-order valence-electron chi connectivity index (χ3n) is 9.12. The first-order chi connectivity index (χ1) is 13.7. The van der Waals surface area contributed by atoms with Gasteiger partial charge in [-0.3, -0.25) is 14.4 Å². The number of carboxylic acid groups (broad SMARTS) is 1. The Morgan fingerprint density at radius 1 is 1.07 bits per heavy atom. The number of hydrogen-bond donors (Lipinski definition) is 1. The normalized spacial score (nSPS) is 41.6. The molecule has 6 atom stereocenters. The lowest BCUT2D eigenvalue weighted by molar-refractivity contribution is -0.136. The Hall–Kier alpha value is -1.10. The molecule has 0 bridgehead atoms. The van der Waals surface area contributed by atoms with Crippen LogP contribution in [0, 0.1) is 34.5 Å². The number of carbonyl (C=O) groups is 3. The van der Waals surface area contributed by atoms with Gasteiger partial charge in [-0.05, 0) is 86.0 Å². The lowest BCUT2D eigenvalue weighted by atomic mass is 9.46. The molecule has 3 saturated carbocycles. The van der Waals surface area contributed by atoms with Crippen molar-refractivity contribution >= 4 is 29.3 Å². The van der Waals surface area contributed by atoms with E-state index < -0.39 is 5.97 Å². The molecule has 5 heteroatoms. The van der Waals surface area contributed by atoms with Crippen molar-refractivity contribution in [1.82, 2.24) is 0 Å². The predicted molar refractivity (Wildman–Crippen MR) is 115 cm³/mol. The summed E-state index contributed by atoms with van der Waals surface area (Å²) in [4.78, 5) is 36.8. The van der Waals surface area contributed by atoms with Crippen LogP contribution in [0.1, 0.15) is 78.6 Å². The van der Waals surface area contributed by atoms with Crippen LogP contribution in [0.25, 0.3) is 0 Å². The highest BCUT2D eigenvalue weighted by Gasteiger charge is 2.60. The fourth-order valence-electron chi connectivity index (χ4n) is 7.74. The Balaban J connectivity index is 1.62. The zero-order valence-corrected chi connectivity index (χ0v) is 18.8. The Kier molecular flexibility index (Phi) is 5.50. The number of Topliss-reactive ketones (excluding diaryl/α,β-unsaturated/α-hetero) is 2. The first-order valence-corrected chi connectivity index (χ1v) is 12.3. The van der Waals surface area contributed by atoms with Crippen molar-refractivity contribution in [2.75, 3.05) is 5.75 Å². The number of rotatable bonds is 5. The highest BCUT2D eigenvalue weighted by molar-refractivity contribution is 8.04. The first-order valence-electron chi connectivity index (χ1n) is 11.3. The van der Waals surface area contributed by atoms with Gasteiger partial charge in [0.25, 0.3) is 0 Å². The van der Waals surface area contributed by atoms with Crippen LogP contribution >= 0.6 is 11.8 Å². The van der Waals surface area contributed by atoms with E-state index in [9.17, 15) is 14.4 Å². The topological polar surface area (TPSA) is 71.4 Å². The van der Waals surface area contributed by atoms with Crippen LogP contribution < -0.4 is 0 Å². The molecule has 160 valence electrons. The van der Waals surface area contributed by atoms with Gasteiger partial charge in [0.1, 0.15) is 5.78 Å². The summed E-state index contributed by atoms with van der Waals surface area (Å²) in [5, 5.41) is 8.98. The van der Waals surface area contributed by atoms with Crippen molar-refractivity contribution in [2.24, 2.45) is 34.5 Å². The summed E-state index contributed by atoms with van der Waals surface area (Å²) < 4.78 is 0. The average Bonchev–Trinajstić information content (AvgIpc) is 3.01. The van der Waals surface area contributed by atoms with Crippen molar-refractivity contribution in [3.05, 3.63) is 10.5 Å². The molecule has 29 heavy (non-hydrogen) atoms. The maximum absolute atomic E-state index is 12.7. The number of fused-ring (bicyclic) bond motifs is 5. The van der Waals surface area contributed by atoms with Gasteiger partial charge in [0.15, 0.2) is 5.78 Å². The number of ketones is 2. The zero-order valence-electron chi connectivity index (χ0n) is 18.0. The molecular weight excluding hydrogens is 384 g/mol. The van der Waals surface area contributed by atoms with Crippen molar-refractivity contribution in [3.63, 3.8) is 0 Å². The molecule has 0 aromatic rings. The summed E-state index contributed by atoms with van der Waals surface area (Å²) in [6, 6.07) is 0. The predicted octanol–water partition coefficient (Wildman–Crippen LogP) is 5.26. The Labute approximate surface area is 178 Å². The molecule has 0 unspecified atom stereocenters. The Morgan fingerprint density at radius 3 is 2.52 bits per heavy atom. The van der Waals surface area contributed by atoms with E-state index in [1.54, 1.807) is 6.92 Å². The van der Waals surface area contributed by atoms with Gasteiger partial charge in [-0.2, -0.15) is 0 Å². The molecule has 0 saturated heterocycles. The number of carbonyl (C=O) groups excluding carboxylic acids is 2. The van der Waals surface area contributed by atoms with E-state index in [1.807, 2.05) is 0 Å². The third-order valence-corrected chi connectivity index (χ3v) is 10.3. The summed E-state index contributed by atoms with van der Waals surface area (Å²) in [7, 11) is 0. The molecule has 0 radical (unpaired) electrons. The van der Waals surface area contributed by atoms with Gasteiger partial charge in [-0.1, -0.05) is 13.8 Å². The highest BCUT2D eigenvalue weighted by atomic mass is 32.2. The Morgan fingerprint density at radius 2 is 1.83 bits per heavy atom. The number of aliphatic carboxylic acids is 1. The number of hydrogen-bond acceptors (Lipinski definition) is 4. The van der Waals surface area contributed by atoms with Crippen molar-refractivity contribution in [2.45, 2.75) is 78.6 Å². The summed E-state index contributed by atoms with van der Waals surface area (Å²) >= 11 is 1.48. The van der Waals surface area contributed by atoms with E-state index in [4.69, 9.17) is 5.11 Å². The Bertz CT molecular complexity index is 771. The van der Waals surface area contributed by atoms with E-state index in [0.29, 0.717) is 35.7 Å². The molecule has 3 fully saturated rings. The fourth-order valence-corrected chi connectivity index (χ4v) is 8.99. The van der Waals surface area contributed by atoms with E-state index in [-0.39, 0.29) is 29.0 Å². The quantitative estimate of drug-likeness (QED) is 0.659. The molecular formula is C24H34O4S. The van der Waals surface area contributed by atoms with Crippen LogP contribution in [-0.2, 0) is 14.4 Å². The van der Waals surface area contributed by atoms with Crippen molar-refractivity contribution in [1.29, 1.82) is 0 Å². The second kappa shape index (κ2) is 7.55. The first kappa shape index (κ1) is 21.1. The maximum Gasteiger partial charge on any atom is 0.304 e. The minimum atomic E-state index is -0.800. The average molecular weight is 419 g/mol. The third kappa shape index (κ3) is 3.32. The maximum atomic E-state index is 12.7. The van der Waals surface area contributed by atoms with Gasteiger partial charge in [0.05, 0.1) is 11.3 Å². The molecule has 0 amide bonds. The monoisotopic (exact) mass is 418 g/mol. The lowest BCUT2D eigenvalue weighted by Gasteiger charge is -2.58. The van der Waals surface area contributed by atoms with Gasteiger partial charge in [0.2, 0.25) is 0 Å². The number of allylic oxidation sites excluding steroid dienone is 1. The molecule has 0 aromatic carbocycles. The molecule has 0 aromatic heterocycles. The molecule has 4 aliphatic carbocycles. The van der Waals surface area contributed by atoms with Crippen LogP contribution in [0.4, 0.5) is 0 Å². The van der Waals surface area contributed by atoms with Gasteiger partial charge in [-0.15, -0.1) is 11.8 Å². The molecule has 0 heterocycles. The lowest BCUT2D eigenvalue weighted by Crippen LogP contribution is -2.51. The van der Waals surface area contributed by atoms with E-state index in [1.165, 1.54) is 23.8 Å². The van der Waals surface area contributed by atoms with Gasteiger partial charge < -0.3 is 5.11 Å². The van der Waals surface area contributed by atoms with Crippen LogP contribution in [0.2, 0.25) is 0 Å². The summed E-state index contributed by atoms with van der Waals surface area (Å²) in [6.07, 6.45) is 8.23. The molecule has 0 spiro atoms. The largest absolute Gasteiger partial charge is 0.481 e. The van der Waals surface area contributed by atoms with Crippen LogP contribution in [0.3, 0.4) is 0 Å². The molecule has 4 nitrogen and oxygen atoms in total. The van der Waals surface area contributed by atoms with Crippen LogP contribution in [-0.4, -0.2) is 28.4 Å².